The summed E-state index contributed by atoms with van der Waals surface area (Å²) in [6.45, 7) is 6.16. The molecule has 0 bridgehead atoms. The Bertz CT molecular complexity index is 2070. The van der Waals surface area contributed by atoms with Crippen molar-refractivity contribution in [3.63, 3.8) is 0 Å². The number of nitro groups is 1. The van der Waals surface area contributed by atoms with E-state index in [2.05, 4.69) is 52.2 Å². The van der Waals surface area contributed by atoms with E-state index in [0.29, 0.717) is 54.4 Å². The molecule has 5 rings (SSSR count). The minimum absolute atomic E-state index is 0.000289. The smallest absolute Gasteiger partial charge is 0.274 e. The number of carboxylic acid groups (broad SMARTS) is 1. The average molecular weight is 757 g/mol. The van der Waals surface area contributed by atoms with Crippen molar-refractivity contribution in [1.82, 2.24) is 5.32 Å². The fraction of sp³-hybridized carbons (Fsp3) is 0.325. The lowest BCUT2D eigenvalue weighted by atomic mass is 9.86. The van der Waals surface area contributed by atoms with Crippen LogP contribution in [0.15, 0.2) is 83.6 Å². The summed E-state index contributed by atoms with van der Waals surface area (Å²) >= 11 is 5.89. The number of fused-ring (bicyclic) bond motifs is 2. The monoisotopic (exact) mass is 756 g/mol. The van der Waals surface area contributed by atoms with Crippen LogP contribution in [0.4, 0.5) is 11.4 Å². The number of aromatic carboxylic acids is 1. The van der Waals surface area contributed by atoms with Gasteiger partial charge in [0.2, 0.25) is 0 Å². The molecule has 11 nitrogen and oxygen atoms in total. The first kappa shape index (κ1) is 39.3. The number of anilines is 1. The molecule has 1 aliphatic heterocycles. The number of carbonyl (C=O) groups is 2. The second kappa shape index (κ2) is 16.8. The molecule has 53 heavy (non-hydrogen) atoms. The van der Waals surface area contributed by atoms with E-state index in [0.717, 1.165) is 28.1 Å². The highest BCUT2D eigenvalue weighted by Crippen LogP contribution is 2.43. The van der Waals surface area contributed by atoms with Crippen molar-refractivity contribution >= 4 is 59.4 Å². The molecule has 0 fully saturated rings. The van der Waals surface area contributed by atoms with Crippen molar-refractivity contribution < 1.29 is 33.7 Å². The third-order valence-corrected chi connectivity index (χ3v) is 13.3. The normalized spacial score (nSPS) is 14.3. The topological polar surface area (TPSA) is 137 Å². The first-order valence-corrected chi connectivity index (χ1v) is 20.8. The maximum Gasteiger partial charge on any atom is 0.274 e. The van der Waals surface area contributed by atoms with E-state index in [1.165, 1.54) is 28.6 Å². The number of carbonyl (C=O) groups excluding carboxylic acids is 2. The number of amides is 1. The van der Waals surface area contributed by atoms with Crippen LogP contribution < -0.4 is 20.5 Å². The first-order valence-electron chi connectivity index (χ1n) is 17.4. The van der Waals surface area contributed by atoms with Crippen molar-refractivity contribution in [3.8, 4) is 0 Å². The Labute approximate surface area is 316 Å². The van der Waals surface area contributed by atoms with Gasteiger partial charge in [0.05, 0.1) is 30.7 Å². The Hall–Kier alpha value is -4.88. The van der Waals surface area contributed by atoms with Gasteiger partial charge in [0, 0.05) is 72.9 Å². The Morgan fingerprint density at radius 3 is 2.34 bits per heavy atom. The van der Waals surface area contributed by atoms with Gasteiger partial charge in [-0.05, 0) is 81.9 Å². The van der Waals surface area contributed by atoms with E-state index >= 15 is 0 Å². The van der Waals surface area contributed by atoms with Gasteiger partial charge in [0.1, 0.15) is 22.2 Å². The molecule has 278 valence electrons. The number of halogens is 1. The predicted molar refractivity (Wildman–Crippen MR) is 209 cm³/mol. The zero-order chi connectivity index (χ0) is 38.4. The highest BCUT2D eigenvalue weighted by molar-refractivity contribution is 6.98. The maximum atomic E-state index is 13.4. The molecule has 13 heteroatoms. The summed E-state index contributed by atoms with van der Waals surface area (Å²) in [6, 6.07) is 15.6. The van der Waals surface area contributed by atoms with Crippen LogP contribution in [0.1, 0.15) is 43.8 Å². The lowest BCUT2D eigenvalue weighted by molar-refractivity contribution is -0.462. The van der Waals surface area contributed by atoms with Crippen LogP contribution in [0.5, 0.6) is 0 Å². The Morgan fingerprint density at radius 2 is 1.66 bits per heavy atom. The molecule has 3 aromatic rings. The second-order valence-electron chi connectivity index (χ2n) is 13.9. The highest BCUT2D eigenvalue weighted by atomic mass is 35.5. The van der Waals surface area contributed by atoms with Gasteiger partial charge in [-0.1, -0.05) is 42.9 Å². The summed E-state index contributed by atoms with van der Waals surface area (Å²) in [4.78, 5) is 38.9. The molecule has 0 unspecified atom stereocenters. The van der Waals surface area contributed by atoms with Gasteiger partial charge in [-0.15, -0.1) is 0 Å². The molecular formula is C40H45ClN4O7Si. The van der Waals surface area contributed by atoms with Crippen molar-refractivity contribution in [1.29, 1.82) is 0 Å². The van der Waals surface area contributed by atoms with Gasteiger partial charge >= 0.3 is 0 Å². The molecule has 2 aliphatic rings. The van der Waals surface area contributed by atoms with Gasteiger partial charge < -0.3 is 29.6 Å². The number of allylic oxidation sites excluding steroid dienone is 5. The third kappa shape index (κ3) is 8.85. The first-order chi connectivity index (χ1) is 25.2. The van der Waals surface area contributed by atoms with Crippen LogP contribution in [0.25, 0.3) is 5.57 Å². The molecule has 0 atom stereocenters. The molecule has 1 heterocycles. The quantitative estimate of drug-likeness (QED) is 0.0785. The minimum atomic E-state index is -2.27. The highest BCUT2D eigenvalue weighted by Gasteiger charge is 2.41. The molecule has 1 N–H and O–H groups in total. The third-order valence-electron chi connectivity index (χ3n) is 9.58. The van der Waals surface area contributed by atoms with Crippen LogP contribution in [0.3, 0.4) is 0 Å². The average Bonchev–Trinajstić information content (AvgIpc) is 3.12. The Morgan fingerprint density at radius 1 is 0.925 bits per heavy atom. The van der Waals surface area contributed by atoms with E-state index in [9.17, 15) is 24.8 Å². The maximum absolute atomic E-state index is 13.4. The number of rotatable bonds is 15. The van der Waals surface area contributed by atoms with Gasteiger partial charge in [0.15, 0.2) is 5.71 Å². The van der Waals surface area contributed by atoms with Crippen LogP contribution in [0.2, 0.25) is 18.1 Å². The fourth-order valence-corrected chi connectivity index (χ4v) is 9.92. The minimum Gasteiger partial charge on any atom is -0.545 e. The van der Waals surface area contributed by atoms with Crippen molar-refractivity contribution in [2.45, 2.75) is 25.9 Å². The number of nitrogens with one attached hydrogen (secondary N) is 1. The lowest BCUT2D eigenvalue weighted by Crippen LogP contribution is -2.50. The van der Waals surface area contributed by atoms with Crippen molar-refractivity contribution in [2.24, 2.45) is 0 Å². The second-order valence-corrected chi connectivity index (χ2v) is 18.7. The van der Waals surface area contributed by atoms with E-state index in [-0.39, 0.29) is 30.3 Å². The van der Waals surface area contributed by atoms with E-state index in [1.807, 2.05) is 40.3 Å². The fourth-order valence-electron chi connectivity index (χ4n) is 6.69. The number of hydrogen-bond donors (Lipinski definition) is 1. The summed E-state index contributed by atoms with van der Waals surface area (Å²) < 4.78 is 13.3. The summed E-state index contributed by atoms with van der Waals surface area (Å²) in [7, 11) is 5.74. The molecule has 0 spiro atoms. The zero-order valence-electron chi connectivity index (χ0n) is 31.0. The predicted octanol–water partition coefficient (Wildman–Crippen LogP) is 4.55. The Balaban J connectivity index is 1.26. The van der Waals surface area contributed by atoms with Gasteiger partial charge in [-0.3, -0.25) is 14.9 Å². The van der Waals surface area contributed by atoms with Gasteiger partial charge in [-0.25, -0.2) is 4.58 Å². The molecule has 1 amide bonds. The number of aryl methyl sites for hydroxylation is 1. The van der Waals surface area contributed by atoms with Crippen LogP contribution in [0, 0.1) is 10.1 Å². The molecule has 0 saturated heterocycles. The number of carboxylic acids is 1. The molecule has 3 aromatic carbocycles. The summed E-state index contributed by atoms with van der Waals surface area (Å²) in [6.07, 6.45) is 7.40. The van der Waals surface area contributed by atoms with Gasteiger partial charge in [0.25, 0.3) is 11.6 Å². The molecule has 0 aromatic heterocycles. The van der Waals surface area contributed by atoms with E-state index in [1.54, 1.807) is 18.2 Å². The molecule has 0 radical (unpaired) electrons. The summed E-state index contributed by atoms with van der Waals surface area (Å²) in [5.74, 6) is -1.67. The van der Waals surface area contributed by atoms with Crippen LogP contribution >= 0.6 is 11.6 Å². The molecule has 1 aliphatic carbocycles. The SMILES string of the molecule is CN(C)c1ccc2c(c1)[Si](C)(C)C1=CC(=[N+](C)C)C=CC1=C2c1cc(C(=O)NCCOCCOCCCc2ccc(Cl)cc2[N+](=O)[O-])ccc1C(=O)[O-]. The number of nitrogens with zero attached hydrogens (tertiary/aromatic N) is 3. The van der Waals surface area contributed by atoms with Crippen LogP contribution in [-0.4, -0.2) is 96.3 Å². The summed E-state index contributed by atoms with van der Waals surface area (Å²) in [5, 5.41) is 29.4. The lowest BCUT2D eigenvalue weighted by Gasteiger charge is -2.38. The van der Waals surface area contributed by atoms with E-state index < -0.39 is 19.0 Å². The largest absolute Gasteiger partial charge is 0.545 e. The summed E-state index contributed by atoms with van der Waals surface area (Å²) in [5.41, 5.74) is 6.16. The molecule has 0 saturated carbocycles. The van der Waals surface area contributed by atoms with E-state index in [4.69, 9.17) is 21.1 Å². The molecular weight excluding hydrogens is 712 g/mol. The number of benzene rings is 3. The van der Waals surface area contributed by atoms with Crippen molar-refractivity contribution in [2.75, 3.05) is 66.1 Å². The zero-order valence-corrected chi connectivity index (χ0v) is 32.7. The number of ether oxygens (including phenoxy) is 2. The number of hydrogen-bond acceptors (Lipinski definition) is 8. The Kier molecular flexibility index (Phi) is 12.5. The van der Waals surface area contributed by atoms with Crippen molar-refractivity contribution in [3.05, 3.63) is 127 Å². The number of nitro benzene ring substituents is 1. The van der Waals surface area contributed by atoms with Crippen LogP contribution in [-0.2, 0) is 15.9 Å². The van der Waals surface area contributed by atoms with Gasteiger partial charge in [-0.2, -0.15) is 0 Å². The standard InChI is InChI=1S/C40H45ClN4O7Si/c1-43(2)29-12-15-32-36(24-29)53(5,6)37-25-30(44(3)4)13-16-33(37)38(32)34-22-27(10-14-31(34)40(47)48)39(46)42-17-19-52-21-20-51-18-7-8-26-9-11-28(41)23-35(26)45(49)50/h9-16,22-25H,7-8,17-21H2,1-6H3,(H-,42,46,47,48).